The highest BCUT2D eigenvalue weighted by molar-refractivity contribution is 7.89. The molecule has 0 radical (unpaired) electrons. The molecule has 1 saturated heterocycles. The van der Waals surface area contributed by atoms with Gasteiger partial charge in [0.1, 0.15) is 5.82 Å². The van der Waals surface area contributed by atoms with Crippen LogP contribution in [0.5, 0.6) is 0 Å². The average Bonchev–Trinajstić information content (AvgIpc) is 2.64. The van der Waals surface area contributed by atoms with Crippen LogP contribution in [0.15, 0.2) is 23.1 Å². The van der Waals surface area contributed by atoms with E-state index < -0.39 is 15.8 Å². The molecular weight excluding hydrogens is 393 g/mol. The van der Waals surface area contributed by atoms with Crippen LogP contribution in [0.4, 0.5) is 4.39 Å². The van der Waals surface area contributed by atoms with E-state index in [1.54, 1.807) is 0 Å². The highest BCUT2D eigenvalue weighted by Crippen LogP contribution is 2.22. The Morgan fingerprint density at radius 1 is 1.26 bits per heavy atom. The SMILES string of the molecule is CCCCCCNC(=O)C[NH+]1CCN(S(=O)(=O)c2ccc(F)c(Cl)c2)CC1. The Morgan fingerprint density at radius 2 is 1.96 bits per heavy atom. The first kappa shape index (κ1) is 22.1. The maximum absolute atomic E-state index is 13.3. The Balaban J connectivity index is 1.80. The Labute approximate surface area is 165 Å². The number of benzene rings is 1. The van der Waals surface area contributed by atoms with Crippen molar-refractivity contribution < 1.29 is 22.5 Å². The van der Waals surface area contributed by atoms with E-state index >= 15 is 0 Å². The summed E-state index contributed by atoms with van der Waals surface area (Å²) in [5, 5.41) is 2.71. The zero-order valence-corrected chi connectivity index (χ0v) is 17.2. The molecule has 0 atom stereocenters. The van der Waals surface area contributed by atoms with E-state index in [4.69, 9.17) is 11.6 Å². The fourth-order valence-electron chi connectivity index (χ4n) is 3.08. The number of halogens is 2. The topological polar surface area (TPSA) is 70.9 Å². The summed E-state index contributed by atoms with van der Waals surface area (Å²) in [6, 6.07) is 3.42. The number of sulfonamides is 1. The molecule has 1 aromatic carbocycles. The number of carbonyl (C=O) groups excluding carboxylic acids is 1. The van der Waals surface area contributed by atoms with Gasteiger partial charge in [0.25, 0.3) is 5.91 Å². The summed E-state index contributed by atoms with van der Waals surface area (Å²) in [5.41, 5.74) is 0. The molecule has 0 aromatic heterocycles. The monoisotopic (exact) mass is 420 g/mol. The molecule has 1 amide bonds. The quantitative estimate of drug-likeness (QED) is 0.587. The summed E-state index contributed by atoms with van der Waals surface area (Å²) >= 11 is 5.70. The third-order valence-corrected chi connectivity index (χ3v) is 6.91. The Hall–Kier alpha value is -1.22. The number of nitrogens with zero attached hydrogens (tertiary/aromatic N) is 1. The van der Waals surface area contributed by atoms with E-state index in [1.807, 2.05) is 0 Å². The van der Waals surface area contributed by atoms with Crippen LogP contribution in [0.1, 0.15) is 32.6 Å². The zero-order valence-electron chi connectivity index (χ0n) is 15.6. The van der Waals surface area contributed by atoms with Crippen LogP contribution < -0.4 is 10.2 Å². The molecule has 0 spiro atoms. The molecular formula is C18H28ClFN3O3S+. The highest BCUT2D eigenvalue weighted by Gasteiger charge is 2.31. The third-order valence-electron chi connectivity index (χ3n) is 4.72. The van der Waals surface area contributed by atoms with Gasteiger partial charge in [-0.05, 0) is 24.6 Å². The second-order valence-electron chi connectivity index (χ2n) is 6.82. The first-order chi connectivity index (χ1) is 12.8. The molecule has 2 rings (SSSR count). The van der Waals surface area contributed by atoms with Gasteiger partial charge in [0.15, 0.2) is 6.54 Å². The van der Waals surface area contributed by atoms with Crippen molar-refractivity contribution in [3.8, 4) is 0 Å². The fraction of sp³-hybridized carbons (Fsp3) is 0.611. The Morgan fingerprint density at radius 3 is 2.59 bits per heavy atom. The Bertz CT molecular complexity index is 737. The minimum Gasteiger partial charge on any atom is -0.351 e. The predicted molar refractivity (Wildman–Crippen MR) is 103 cm³/mol. The molecule has 2 N–H and O–H groups in total. The molecule has 9 heteroatoms. The number of rotatable bonds is 9. The van der Waals surface area contributed by atoms with Crippen molar-refractivity contribution in [1.82, 2.24) is 9.62 Å². The lowest BCUT2D eigenvalue weighted by Crippen LogP contribution is -3.15. The van der Waals surface area contributed by atoms with Gasteiger partial charge in [0.05, 0.1) is 36.1 Å². The number of unbranched alkanes of at least 4 members (excludes halogenated alkanes) is 3. The van der Waals surface area contributed by atoms with Crippen molar-refractivity contribution in [2.24, 2.45) is 0 Å². The maximum Gasteiger partial charge on any atom is 0.275 e. The first-order valence-electron chi connectivity index (χ1n) is 9.40. The molecule has 1 aliphatic heterocycles. The zero-order chi connectivity index (χ0) is 19.9. The third kappa shape index (κ3) is 6.41. The molecule has 1 aromatic rings. The number of quaternary nitrogens is 1. The van der Waals surface area contributed by atoms with Gasteiger partial charge in [-0.1, -0.05) is 37.8 Å². The van der Waals surface area contributed by atoms with Gasteiger partial charge in [-0.15, -0.1) is 0 Å². The first-order valence-corrected chi connectivity index (χ1v) is 11.2. The molecule has 1 aliphatic rings. The number of hydrogen-bond acceptors (Lipinski definition) is 3. The molecule has 0 unspecified atom stereocenters. The Kier molecular flexibility index (Phi) is 8.47. The minimum absolute atomic E-state index is 0.00289. The van der Waals surface area contributed by atoms with Crippen LogP contribution in [0, 0.1) is 5.82 Å². The summed E-state index contributed by atoms with van der Waals surface area (Å²) in [6.45, 7) is 4.93. The number of nitrogens with one attached hydrogen (secondary N) is 2. The van der Waals surface area contributed by atoms with Crippen LogP contribution in [0.3, 0.4) is 0 Å². The summed E-state index contributed by atoms with van der Waals surface area (Å²) in [6.07, 6.45) is 4.45. The van der Waals surface area contributed by atoms with Crippen molar-refractivity contribution >= 4 is 27.5 Å². The summed E-state index contributed by atoms with van der Waals surface area (Å²) in [5.74, 6) is -0.645. The van der Waals surface area contributed by atoms with Crippen LogP contribution >= 0.6 is 11.6 Å². The highest BCUT2D eigenvalue weighted by atomic mass is 35.5. The fourth-order valence-corrected chi connectivity index (χ4v) is 4.79. The normalized spacial score (nSPS) is 16.4. The van der Waals surface area contributed by atoms with E-state index in [2.05, 4.69) is 12.2 Å². The van der Waals surface area contributed by atoms with Crippen molar-refractivity contribution in [1.29, 1.82) is 0 Å². The number of piperazine rings is 1. The number of hydrogen-bond donors (Lipinski definition) is 2. The van der Waals surface area contributed by atoms with Crippen LogP contribution in [0.2, 0.25) is 5.02 Å². The molecule has 27 heavy (non-hydrogen) atoms. The van der Waals surface area contributed by atoms with Gasteiger partial charge in [0.2, 0.25) is 10.0 Å². The van der Waals surface area contributed by atoms with Gasteiger partial charge in [-0.3, -0.25) is 4.79 Å². The molecule has 1 fully saturated rings. The van der Waals surface area contributed by atoms with Gasteiger partial charge in [0, 0.05) is 6.54 Å². The molecule has 0 aliphatic carbocycles. The number of amides is 1. The average molecular weight is 421 g/mol. The second kappa shape index (κ2) is 10.4. The van der Waals surface area contributed by atoms with Crippen molar-refractivity contribution in [2.45, 2.75) is 37.5 Å². The van der Waals surface area contributed by atoms with E-state index in [1.165, 1.54) is 16.8 Å². The van der Waals surface area contributed by atoms with Crippen LogP contribution in [-0.4, -0.2) is 57.9 Å². The van der Waals surface area contributed by atoms with Crippen molar-refractivity contribution in [2.75, 3.05) is 39.3 Å². The second-order valence-corrected chi connectivity index (χ2v) is 9.16. The molecule has 0 saturated carbocycles. The lowest BCUT2D eigenvalue weighted by Gasteiger charge is -2.31. The van der Waals surface area contributed by atoms with Crippen molar-refractivity contribution in [3.63, 3.8) is 0 Å². The predicted octanol–water partition coefficient (Wildman–Crippen LogP) is 1.06. The maximum atomic E-state index is 13.3. The van der Waals surface area contributed by atoms with Gasteiger partial charge in [-0.25, -0.2) is 12.8 Å². The molecule has 6 nitrogen and oxygen atoms in total. The minimum atomic E-state index is -3.71. The van der Waals surface area contributed by atoms with E-state index in [0.717, 1.165) is 36.3 Å². The molecule has 1 heterocycles. The summed E-state index contributed by atoms with van der Waals surface area (Å²) < 4.78 is 40.0. The largest absolute Gasteiger partial charge is 0.351 e. The molecule has 0 bridgehead atoms. The van der Waals surface area contributed by atoms with E-state index in [9.17, 15) is 17.6 Å². The van der Waals surface area contributed by atoms with Gasteiger partial charge < -0.3 is 10.2 Å². The smallest absolute Gasteiger partial charge is 0.275 e. The summed E-state index contributed by atoms with van der Waals surface area (Å²) in [4.78, 5) is 13.0. The van der Waals surface area contributed by atoms with E-state index in [0.29, 0.717) is 39.3 Å². The van der Waals surface area contributed by atoms with Crippen LogP contribution in [0.25, 0.3) is 0 Å². The number of carbonyl (C=O) groups is 1. The molecule has 152 valence electrons. The van der Waals surface area contributed by atoms with Crippen LogP contribution in [-0.2, 0) is 14.8 Å². The standard InChI is InChI=1S/C18H27ClFN3O3S/c1-2-3-4-5-8-21-18(24)14-22-9-11-23(12-10-22)27(25,26)15-6-7-17(20)16(19)13-15/h6-7,13H,2-5,8-12,14H2,1H3,(H,21,24)/p+1. The van der Waals surface area contributed by atoms with E-state index in [-0.39, 0.29) is 15.8 Å². The lowest BCUT2D eigenvalue weighted by atomic mass is 10.2. The van der Waals surface area contributed by atoms with Gasteiger partial charge >= 0.3 is 0 Å². The lowest BCUT2D eigenvalue weighted by molar-refractivity contribution is -0.895. The van der Waals surface area contributed by atoms with Gasteiger partial charge in [-0.2, -0.15) is 4.31 Å². The summed E-state index contributed by atoms with van der Waals surface area (Å²) in [7, 11) is -3.71. The van der Waals surface area contributed by atoms with Crippen molar-refractivity contribution in [3.05, 3.63) is 29.0 Å².